The summed E-state index contributed by atoms with van der Waals surface area (Å²) in [5.41, 5.74) is -0.921. The van der Waals surface area contributed by atoms with E-state index in [-0.39, 0.29) is 16.2 Å². The maximum Gasteiger partial charge on any atom is 0.408 e. The fourth-order valence-electron chi connectivity index (χ4n) is 3.68. The molecule has 47 heavy (non-hydrogen) atoms. The minimum absolute atomic E-state index is 0.0526. The van der Waals surface area contributed by atoms with E-state index in [1.807, 2.05) is 6.08 Å². The highest BCUT2D eigenvalue weighted by atomic mass is 28.4. The molecule has 0 aliphatic rings. The van der Waals surface area contributed by atoms with E-state index in [1.54, 1.807) is 65.0 Å². The highest BCUT2D eigenvalue weighted by molar-refractivity contribution is 6.74. The fraction of sp³-hybridized carbons (Fsp3) is 0.639. The highest BCUT2D eigenvalue weighted by Crippen LogP contribution is 2.39. The second-order valence-corrected chi connectivity index (χ2v) is 26.0. The lowest BCUT2D eigenvalue weighted by molar-refractivity contribution is -0.144. The average molecular weight is 689 g/mol. The summed E-state index contributed by atoms with van der Waals surface area (Å²) in [6, 6.07) is 5.54. The molecule has 0 aliphatic carbocycles. The third kappa shape index (κ3) is 13.6. The molecule has 1 aromatic rings. The number of amides is 2. The molecule has 0 fully saturated rings. The van der Waals surface area contributed by atoms with Gasteiger partial charge in [-0.05, 0) is 107 Å². The SMILES string of the molecule is COC(=O)C(NC(=O)c1ccc(C#CC=CC(CO[Si](C)(C)C(C)(C)C)O[Si](C)(C)C(C)(C)C)cc1)C(C)(C)NC(=O)OC(C)(C)C. The molecular weight excluding hydrogens is 629 g/mol. The first-order chi connectivity index (χ1) is 21.1. The zero-order valence-electron chi connectivity index (χ0n) is 31.7. The standard InChI is InChI=1S/C36H60N2O7Si2/c1-33(2,3)44-32(41)38-36(10,11)29(31(40)42-12)37-30(39)27-23-21-26(22-24-27)19-17-18-20-28(45-47(15,16)35(7,8)9)25-43-46(13,14)34(4,5)6/h18,20-24,28-29H,25H2,1-16H3,(H,37,39)(H,38,41). The van der Waals surface area contributed by atoms with Crippen LogP contribution in [0.5, 0.6) is 0 Å². The number of hydrogen-bond acceptors (Lipinski definition) is 7. The normalized spacial score (nSPS) is 14.5. The molecule has 9 nitrogen and oxygen atoms in total. The summed E-state index contributed by atoms with van der Waals surface area (Å²) in [7, 11) is -2.81. The van der Waals surface area contributed by atoms with Crippen molar-refractivity contribution >= 4 is 34.6 Å². The van der Waals surface area contributed by atoms with Crippen molar-refractivity contribution in [3.63, 3.8) is 0 Å². The Balaban J connectivity index is 3.10. The van der Waals surface area contributed by atoms with Gasteiger partial charge in [0.15, 0.2) is 16.6 Å². The minimum atomic E-state index is -2.06. The van der Waals surface area contributed by atoms with Crippen LogP contribution >= 0.6 is 0 Å². The van der Waals surface area contributed by atoms with Crippen molar-refractivity contribution in [1.82, 2.24) is 10.6 Å². The van der Waals surface area contributed by atoms with Crippen LogP contribution in [0.15, 0.2) is 36.4 Å². The Labute approximate surface area is 286 Å². The van der Waals surface area contributed by atoms with Gasteiger partial charge in [-0.1, -0.05) is 53.4 Å². The zero-order valence-corrected chi connectivity index (χ0v) is 33.7. The molecule has 0 heterocycles. The minimum Gasteiger partial charge on any atom is -0.467 e. The Hall–Kier alpha value is -2.92. The maximum absolute atomic E-state index is 13.1. The third-order valence-electron chi connectivity index (χ3n) is 8.68. The number of nitrogens with one attached hydrogen (secondary N) is 2. The van der Waals surface area contributed by atoms with Crippen LogP contribution in [0.3, 0.4) is 0 Å². The van der Waals surface area contributed by atoms with Gasteiger partial charge in [-0.3, -0.25) is 4.79 Å². The zero-order chi connectivity index (χ0) is 36.6. The smallest absolute Gasteiger partial charge is 0.408 e. The molecular formula is C36H60N2O7Si2. The molecule has 0 saturated heterocycles. The number of methoxy groups -OCH3 is 1. The van der Waals surface area contributed by atoms with Gasteiger partial charge in [0.1, 0.15) is 11.6 Å². The van der Waals surface area contributed by atoms with E-state index in [1.165, 1.54) is 7.11 Å². The van der Waals surface area contributed by atoms with E-state index in [9.17, 15) is 14.4 Å². The number of hydrogen-bond donors (Lipinski definition) is 2. The maximum atomic E-state index is 13.1. The number of carbonyl (C=O) groups excluding carboxylic acids is 3. The lowest BCUT2D eigenvalue weighted by atomic mass is 9.94. The van der Waals surface area contributed by atoms with Gasteiger partial charge in [0.2, 0.25) is 0 Å². The molecule has 0 bridgehead atoms. The Bertz CT molecular complexity index is 1320. The Morgan fingerprint density at radius 3 is 1.85 bits per heavy atom. The van der Waals surface area contributed by atoms with Gasteiger partial charge >= 0.3 is 12.1 Å². The molecule has 0 radical (unpaired) electrons. The number of alkyl carbamates (subject to hydrolysis) is 1. The van der Waals surface area contributed by atoms with Gasteiger partial charge in [0.25, 0.3) is 5.91 Å². The second-order valence-electron chi connectivity index (χ2n) is 16.5. The number of rotatable bonds is 11. The van der Waals surface area contributed by atoms with Crippen molar-refractivity contribution in [2.24, 2.45) is 0 Å². The molecule has 0 spiro atoms. The van der Waals surface area contributed by atoms with Gasteiger partial charge in [0.05, 0.1) is 25.4 Å². The monoisotopic (exact) mass is 688 g/mol. The van der Waals surface area contributed by atoms with E-state index in [0.29, 0.717) is 17.7 Å². The van der Waals surface area contributed by atoms with Crippen LogP contribution in [0.4, 0.5) is 4.79 Å². The van der Waals surface area contributed by atoms with E-state index >= 15 is 0 Å². The highest BCUT2D eigenvalue weighted by Gasteiger charge is 2.42. The predicted molar refractivity (Wildman–Crippen MR) is 194 cm³/mol. The lowest BCUT2D eigenvalue weighted by Crippen LogP contribution is -2.62. The quantitative estimate of drug-likeness (QED) is 0.140. The molecule has 11 heteroatoms. The van der Waals surface area contributed by atoms with Gasteiger partial charge in [-0.15, -0.1) is 0 Å². The second kappa shape index (κ2) is 16.0. The first kappa shape index (κ1) is 42.1. The van der Waals surface area contributed by atoms with Crippen LogP contribution in [-0.2, 0) is 23.1 Å². The summed E-state index contributed by atoms with van der Waals surface area (Å²) < 4.78 is 23.5. The van der Waals surface area contributed by atoms with E-state index in [2.05, 4.69) is 90.2 Å². The molecule has 1 rings (SSSR count). The number of allylic oxidation sites excluding steroid dienone is 1. The third-order valence-corrected chi connectivity index (χ3v) is 17.7. The van der Waals surface area contributed by atoms with Gasteiger partial charge in [-0.2, -0.15) is 0 Å². The first-order valence-electron chi connectivity index (χ1n) is 16.1. The molecule has 2 unspecified atom stereocenters. The van der Waals surface area contributed by atoms with Crippen LogP contribution in [0.2, 0.25) is 36.3 Å². The van der Waals surface area contributed by atoms with Crippen LogP contribution in [0.1, 0.15) is 92.1 Å². The van der Waals surface area contributed by atoms with Crippen molar-refractivity contribution in [3.8, 4) is 11.8 Å². The topological polar surface area (TPSA) is 112 Å². The summed E-state index contributed by atoms with van der Waals surface area (Å²) in [5.74, 6) is 4.98. The number of esters is 1. The van der Waals surface area contributed by atoms with Gasteiger partial charge in [0, 0.05) is 11.1 Å². The summed E-state index contributed by atoms with van der Waals surface area (Å²) in [5, 5.41) is 5.49. The van der Waals surface area contributed by atoms with Crippen LogP contribution < -0.4 is 10.6 Å². The Morgan fingerprint density at radius 2 is 1.38 bits per heavy atom. The molecule has 2 atom stereocenters. The van der Waals surface area contributed by atoms with Gasteiger partial charge < -0.3 is 29.0 Å². The van der Waals surface area contributed by atoms with Crippen LogP contribution in [-0.4, -0.2) is 71.6 Å². The molecule has 0 aliphatic heterocycles. The molecule has 1 aromatic carbocycles. The largest absolute Gasteiger partial charge is 0.467 e. The number of ether oxygens (including phenoxy) is 2. The van der Waals surface area contributed by atoms with E-state index in [4.69, 9.17) is 18.3 Å². The van der Waals surface area contributed by atoms with Crippen LogP contribution in [0, 0.1) is 11.8 Å². The molecule has 0 saturated carbocycles. The molecule has 264 valence electrons. The van der Waals surface area contributed by atoms with Crippen molar-refractivity contribution in [3.05, 3.63) is 47.5 Å². The summed E-state index contributed by atoms with van der Waals surface area (Å²) in [6.45, 7) is 31.1. The van der Waals surface area contributed by atoms with Crippen LogP contribution in [0.25, 0.3) is 0 Å². The molecule has 0 aromatic heterocycles. The Kier molecular flexibility index (Phi) is 14.3. The Morgan fingerprint density at radius 1 is 0.851 bits per heavy atom. The molecule has 2 amide bonds. The predicted octanol–water partition coefficient (Wildman–Crippen LogP) is 7.58. The average Bonchev–Trinajstić information content (AvgIpc) is 2.89. The van der Waals surface area contributed by atoms with Crippen molar-refractivity contribution in [2.45, 2.75) is 136 Å². The number of benzene rings is 1. The lowest BCUT2D eigenvalue weighted by Gasteiger charge is -2.41. The fourth-order valence-corrected chi connectivity index (χ4v) is 5.95. The van der Waals surface area contributed by atoms with Crippen molar-refractivity contribution < 1.29 is 32.7 Å². The van der Waals surface area contributed by atoms with Gasteiger partial charge in [-0.25, -0.2) is 9.59 Å². The molecule has 2 N–H and O–H groups in total. The van der Waals surface area contributed by atoms with Crippen molar-refractivity contribution in [2.75, 3.05) is 13.7 Å². The van der Waals surface area contributed by atoms with Crippen molar-refractivity contribution in [1.29, 1.82) is 0 Å². The van der Waals surface area contributed by atoms with E-state index in [0.717, 1.165) is 0 Å². The number of carbonyl (C=O) groups is 3. The van der Waals surface area contributed by atoms with E-state index < -0.39 is 51.8 Å². The first-order valence-corrected chi connectivity index (χ1v) is 21.9. The summed E-state index contributed by atoms with van der Waals surface area (Å²) in [6.07, 6.45) is 2.84. The summed E-state index contributed by atoms with van der Waals surface area (Å²) >= 11 is 0. The summed E-state index contributed by atoms with van der Waals surface area (Å²) in [4.78, 5) is 38.2.